The lowest BCUT2D eigenvalue weighted by molar-refractivity contribution is -0.295. The van der Waals surface area contributed by atoms with Crippen molar-refractivity contribution in [2.45, 2.75) is 95.0 Å². The number of hydrogen-bond donors (Lipinski definition) is 2. The summed E-state index contributed by atoms with van der Waals surface area (Å²) in [5.41, 5.74) is 0. The van der Waals surface area contributed by atoms with Gasteiger partial charge >= 0.3 is 21.2 Å². The van der Waals surface area contributed by atoms with Crippen LogP contribution < -0.4 is 0 Å². The van der Waals surface area contributed by atoms with E-state index in [1.807, 2.05) is 33.9 Å². The number of esters is 1. The first-order valence-corrected chi connectivity index (χ1v) is 13.7. The molecule has 12 heteroatoms. The van der Waals surface area contributed by atoms with Gasteiger partial charge in [0.1, 0.15) is 18.3 Å². The van der Waals surface area contributed by atoms with Crippen molar-refractivity contribution in [2.24, 2.45) is 0 Å². The Hall–Kier alpha value is -0.603. The summed E-state index contributed by atoms with van der Waals surface area (Å²) in [6.45, 7) is 14.2. The van der Waals surface area contributed by atoms with Crippen LogP contribution >= 0.6 is 0 Å². The Morgan fingerprint density at radius 2 is 1.66 bits per heavy atom. The van der Waals surface area contributed by atoms with Gasteiger partial charge in [-0.05, 0) is 32.0 Å². The molecule has 5 atom stereocenters. The zero-order chi connectivity index (χ0) is 22.6. The van der Waals surface area contributed by atoms with Gasteiger partial charge < -0.3 is 28.5 Å². The molecule has 0 radical (unpaired) electrons. The molecule has 29 heavy (non-hydrogen) atoms. The van der Waals surface area contributed by atoms with Crippen molar-refractivity contribution in [1.82, 2.24) is 0 Å². The van der Waals surface area contributed by atoms with E-state index in [1.54, 1.807) is 13.8 Å². The van der Waals surface area contributed by atoms with E-state index in [0.29, 0.717) is 0 Å². The number of carbonyl (C=O) groups excluding carboxylic acids is 1. The number of carbonyl (C=O) groups is 1. The van der Waals surface area contributed by atoms with E-state index in [-0.39, 0.29) is 11.6 Å². The van der Waals surface area contributed by atoms with E-state index < -0.39 is 59.7 Å². The van der Waals surface area contributed by atoms with Crippen LogP contribution in [0.1, 0.15) is 41.5 Å². The fourth-order valence-electron chi connectivity index (χ4n) is 3.06. The molecule has 2 heterocycles. The number of fused-ring (bicyclic) bond motifs is 1. The van der Waals surface area contributed by atoms with Gasteiger partial charge in [-0.3, -0.25) is 9.35 Å². The summed E-state index contributed by atoms with van der Waals surface area (Å²) in [6.07, 6.45) is -5.07. The van der Waals surface area contributed by atoms with Crippen molar-refractivity contribution in [3.8, 4) is 0 Å². The Balaban J connectivity index is 2.42. The summed E-state index contributed by atoms with van der Waals surface area (Å²) in [5.74, 6) is -2.06. The SMILES string of the molecule is CC(=O)O[C@@H]1[C@H]2OC(C)(C)O[C@H]2[C@@H](CO[Si](C)(C)C(C)(C)C)O[C@]1(O)S(=O)(=O)O. The molecule has 170 valence electrons. The monoisotopic (exact) mass is 456 g/mol. The fraction of sp³-hybridized carbons (Fsp3) is 0.941. The first-order chi connectivity index (χ1) is 12.8. The maximum absolute atomic E-state index is 12.0. The summed E-state index contributed by atoms with van der Waals surface area (Å²) < 4.78 is 61.8. The lowest BCUT2D eigenvalue weighted by Gasteiger charge is -2.45. The number of hydrogen-bond acceptors (Lipinski definition) is 9. The molecule has 2 fully saturated rings. The Labute approximate surface area is 172 Å². The van der Waals surface area contributed by atoms with E-state index in [1.165, 1.54) is 0 Å². The van der Waals surface area contributed by atoms with Gasteiger partial charge in [-0.1, -0.05) is 20.8 Å². The maximum atomic E-state index is 12.0. The van der Waals surface area contributed by atoms with Gasteiger partial charge in [0.2, 0.25) is 6.10 Å². The van der Waals surface area contributed by atoms with Crippen LogP contribution in [0.3, 0.4) is 0 Å². The summed E-state index contributed by atoms with van der Waals surface area (Å²) in [7, 11) is -7.49. The highest BCUT2D eigenvalue weighted by molar-refractivity contribution is 7.86. The van der Waals surface area contributed by atoms with Crippen LogP contribution in [-0.4, -0.2) is 74.3 Å². The fourth-order valence-corrected chi connectivity index (χ4v) is 4.80. The van der Waals surface area contributed by atoms with Gasteiger partial charge in [0.05, 0.1) is 6.61 Å². The molecule has 0 bridgehead atoms. The van der Waals surface area contributed by atoms with Crippen molar-refractivity contribution in [3.63, 3.8) is 0 Å². The van der Waals surface area contributed by atoms with Crippen LogP contribution in [0.4, 0.5) is 0 Å². The second-order valence-electron chi connectivity index (χ2n) is 9.43. The van der Waals surface area contributed by atoms with Crippen molar-refractivity contribution in [2.75, 3.05) is 6.61 Å². The third kappa shape index (κ3) is 4.84. The first-order valence-electron chi connectivity index (χ1n) is 9.35. The molecule has 2 aliphatic heterocycles. The molecule has 0 unspecified atom stereocenters. The second-order valence-corrected chi connectivity index (χ2v) is 15.8. The molecular weight excluding hydrogens is 424 g/mol. The lowest BCUT2D eigenvalue weighted by atomic mass is 9.99. The molecule has 2 rings (SSSR count). The number of rotatable bonds is 5. The second kappa shape index (κ2) is 7.52. The molecule has 0 aliphatic carbocycles. The van der Waals surface area contributed by atoms with E-state index in [0.717, 1.165) is 6.92 Å². The average molecular weight is 457 g/mol. The van der Waals surface area contributed by atoms with Gasteiger partial charge in [-0.25, -0.2) is 0 Å². The highest BCUT2D eigenvalue weighted by atomic mass is 32.2. The maximum Gasteiger partial charge on any atom is 0.338 e. The van der Waals surface area contributed by atoms with Gasteiger partial charge in [-0.15, -0.1) is 0 Å². The van der Waals surface area contributed by atoms with Crippen molar-refractivity contribution in [1.29, 1.82) is 0 Å². The van der Waals surface area contributed by atoms with Crippen LogP contribution in [0.5, 0.6) is 0 Å². The predicted molar refractivity (Wildman–Crippen MR) is 104 cm³/mol. The predicted octanol–water partition coefficient (Wildman–Crippen LogP) is 1.39. The summed E-state index contributed by atoms with van der Waals surface area (Å²) >= 11 is 0. The van der Waals surface area contributed by atoms with Crippen LogP contribution in [-0.2, 0) is 38.3 Å². The van der Waals surface area contributed by atoms with Gasteiger partial charge in [0, 0.05) is 6.92 Å². The van der Waals surface area contributed by atoms with Crippen LogP contribution in [0.25, 0.3) is 0 Å². The molecule has 0 saturated carbocycles. The van der Waals surface area contributed by atoms with E-state index in [9.17, 15) is 22.9 Å². The largest absolute Gasteiger partial charge is 0.453 e. The molecule has 2 saturated heterocycles. The minimum Gasteiger partial charge on any atom is -0.453 e. The Morgan fingerprint density at radius 3 is 2.10 bits per heavy atom. The third-order valence-corrected chi connectivity index (χ3v) is 11.2. The summed E-state index contributed by atoms with van der Waals surface area (Å²) in [6, 6.07) is 0. The molecule has 0 spiro atoms. The Kier molecular flexibility index (Phi) is 6.39. The summed E-state index contributed by atoms with van der Waals surface area (Å²) in [4.78, 5) is 11.5. The van der Waals surface area contributed by atoms with Crippen LogP contribution in [0, 0.1) is 0 Å². The van der Waals surface area contributed by atoms with Gasteiger partial charge in [0.25, 0.3) is 0 Å². The van der Waals surface area contributed by atoms with Gasteiger partial charge in [0.15, 0.2) is 14.1 Å². The van der Waals surface area contributed by atoms with Gasteiger partial charge in [-0.2, -0.15) is 8.42 Å². The molecule has 2 N–H and O–H groups in total. The van der Waals surface area contributed by atoms with E-state index in [2.05, 4.69) is 0 Å². The quantitative estimate of drug-likeness (QED) is 0.354. The normalized spacial score (nSPS) is 35.2. The first kappa shape index (κ1) is 24.7. The van der Waals surface area contributed by atoms with Crippen molar-refractivity contribution < 1.29 is 46.2 Å². The van der Waals surface area contributed by atoms with Crippen LogP contribution in [0.15, 0.2) is 0 Å². The standard InChI is InChI=1S/C17H32O10SSi/c1-10(18)24-14-13-12(26-16(5,6)27-13)11(25-17(14,19)28(20,21)22)9-23-29(7,8)15(2,3)4/h11-14,19H,9H2,1-8H3,(H,20,21,22)/t11-,12+,13+,14-,17+/m1/s1. The molecule has 0 aromatic carbocycles. The van der Waals surface area contributed by atoms with Crippen molar-refractivity contribution in [3.05, 3.63) is 0 Å². The zero-order valence-corrected chi connectivity index (χ0v) is 19.9. The zero-order valence-electron chi connectivity index (χ0n) is 18.1. The third-order valence-electron chi connectivity index (χ3n) is 5.59. The minimum atomic E-state index is -5.23. The van der Waals surface area contributed by atoms with E-state index >= 15 is 0 Å². The number of aliphatic hydroxyl groups is 1. The lowest BCUT2D eigenvalue weighted by Crippen LogP contribution is -2.68. The van der Waals surface area contributed by atoms with E-state index in [4.69, 9.17) is 23.4 Å². The molecule has 2 aliphatic rings. The highest BCUT2D eigenvalue weighted by Crippen LogP contribution is 2.44. The van der Waals surface area contributed by atoms with Crippen molar-refractivity contribution >= 4 is 24.4 Å². The number of ether oxygens (including phenoxy) is 4. The topological polar surface area (TPSA) is 138 Å². The molecule has 0 amide bonds. The summed E-state index contributed by atoms with van der Waals surface area (Å²) in [5, 5.41) is 7.41. The highest BCUT2D eigenvalue weighted by Gasteiger charge is 2.67. The molecule has 0 aromatic rings. The molecule has 10 nitrogen and oxygen atoms in total. The Bertz CT molecular complexity index is 744. The Morgan fingerprint density at radius 1 is 1.14 bits per heavy atom. The molecular formula is C17H32O10SSi. The average Bonchev–Trinajstić information content (AvgIpc) is 2.81. The van der Waals surface area contributed by atoms with Crippen LogP contribution in [0.2, 0.25) is 18.1 Å². The molecule has 0 aromatic heterocycles. The smallest absolute Gasteiger partial charge is 0.338 e. The minimum absolute atomic E-state index is 0.109.